The van der Waals surface area contributed by atoms with Crippen LogP contribution in [0, 0.1) is 0 Å². The fraction of sp³-hybridized carbons (Fsp3) is 0.733. The van der Waals surface area contributed by atoms with Crippen LogP contribution >= 0.6 is 0 Å². The van der Waals surface area contributed by atoms with Gasteiger partial charge in [0.25, 0.3) is 0 Å². The van der Waals surface area contributed by atoms with Gasteiger partial charge in [0.05, 0.1) is 17.8 Å². The van der Waals surface area contributed by atoms with Crippen LogP contribution in [0.5, 0.6) is 0 Å². The summed E-state index contributed by atoms with van der Waals surface area (Å²) < 4.78 is 2.16. The second-order valence-corrected chi connectivity index (χ2v) is 6.50. The molecule has 3 fully saturated rings. The van der Waals surface area contributed by atoms with Crippen molar-refractivity contribution in [2.24, 2.45) is 0 Å². The van der Waals surface area contributed by atoms with E-state index >= 15 is 0 Å². The standard InChI is InChI=1S/C15H23N5O/c21-15-16-6-8-19(15)14-10-18(11-14)9-12-5-7-20(17-12)13-3-1-2-4-13/h5,7,13-14H,1-4,6,8-11H2,(H,16,21). The predicted molar refractivity (Wildman–Crippen MR) is 78.9 cm³/mol. The highest BCUT2D eigenvalue weighted by molar-refractivity contribution is 5.76. The van der Waals surface area contributed by atoms with E-state index in [9.17, 15) is 4.79 Å². The molecule has 4 rings (SSSR count). The van der Waals surface area contributed by atoms with E-state index in [1.54, 1.807) is 0 Å². The van der Waals surface area contributed by atoms with Crippen LogP contribution in [0.15, 0.2) is 12.3 Å². The van der Waals surface area contributed by atoms with Crippen LogP contribution in [0.2, 0.25) is 0 Å². The van der Waals surface area contributed by atoms with Gasteiger partial charge in [-0.05, 0) is 18.9 Å². The first-order valence-electron chi connectivity index (χ1n) is 8.10. The minimum absolute atomic E-state index is 0.102. The summed E-state index contributed by atoms with van der Waals surface area (Å²) in [6, 6.07) is 3.26. The lowest BCUT2D eigenvalue weighted by atomic mass is 10.1. The van der Waals surface area contributed by atoms with E-state index in [1.165, 1.54) is 25.7 Å². The fourth-order valence-corrected chi connectivity index (χ4v) is 3.77. The van der Waals surface area contributed by atoms with E-state index < -0.39 is 0 Å². The van der Waals surface area contributed by atoms with Gasteiger partial charge < -0.3 is 10.2 Å². The molecular formula is C15H23N5O. The smallest absolute Gasteiger partial charge is 0.317 e. The van der Waals surface area contributed by atoms with E-state index in [1.807, 2.05) is 4.90 Å². The van der Waals surface area contributed by atoms with Gasteiger partial charge >= 0.3 is 6.03 Å². The summed E-state index contributed by atoms with van der Waals surface area (Å²) in [5.74, 6) is 0. The summed E-state index contributed by atoms with van der Waals surface area (Å²) in [5, 5.41) is 7.60. The van der Waals surface area contributed by atoms with Gasteiger partial charge in [-0.25, -0.2) is 4.79 Å². The molecule has 2 aliphatic heterocycles. The van der Waals surface area contributed by atoms with Crippen LogP contribution in [-0.4, -0.2) is 57.8 Å². The van der Waals surface area contributed by atoms with Crippen molar-refractivity contribution in [3.05, 3.63) is 18.0 Å². The van der Waals surface area contributed by atoms with Gasteiger partial charge in [0, 0.05) is 38.9 Å². The van der Waals surface area contributed by atoms with E-state index in [4.69, 9.17) is 5.10 Å². The van der Waals surface area contributed by atoms with Crippen LogP contribution in [0.4, 0.5) is 4.79 Å². The number of rotatable bonds is 4. The first-order chi connectivity index (χ1) is 10.3. The highest BCUT2D eigenvalue weighted by atomic mass is 16.2. The summed E-state index contributed by atoms with van der Waals surface area (Å²) in [6.07, 6.45) is 7.36. The number of carbonyl (C=O) groups excluding carboxylic acids is 1. The summed E-state index contributed by atoms with van der Waals surface area (Å²) in [6.45, 7) is 4.51. The third-order valence-electron chi connectivity index (χ3n) is 5.02. The Bertz CT molecular complexity index is 516. The lowest BCUT2D eigenvalue weighted by Gasteiger charge is -2.43. The third kappa shape index (κ3) is 2.52. The van der Waals surface area contributed by atoms with Crippen molar-refractivity contribution in [1.82, 2.24) is 24.9 Å². The zero-order chi connectivity index (χ0) is 14.2. The highest BCUT2D eigenvalue weighted by Crippen LogP contribution is 2.29. The maximum atomic E-state index is 11.6. The molecule has 1 N–H and O–H groups in total. The average Bonchev–Trinajstić information content (AvgIpc) is 3.15. The van der Waals surface area contributed by atoms with Crippen LogP contribution in [0.25, 0.3) is 0 Å². The van der Waals surface area contributed by atoms with Crippen molar-refractivity contribution in [3.8, 4) is 0 Å². The maximum absolute atomic E-state index is 11.6. The van der Waals surface area contributed by atoms with Gasteiger partial charge in [0.1, 0.15) is 0 Å². The zero-order valence-corrected chi connectivity index (χ0v) is 12.4. The molecule has 1 aromatic rings. The van der Waals surface area contributed by atoms with Gasteiger partial charge in [-0.2, -0.15) is 5.10 Å². The summed E-state index contributed by atoms with van der Waals surface area (Å²) in [5.41, 5.74) is 1.16. The van der Waals surface area contributed by atoms with Crippen molar-refractivity contribution in [2.75, 3.05) is 26.2 Å². The molecule has 21 heavy (non-hydrogen) atoms. The molecule has 6 heteroatoms. The highest BCUT2D eigenvalue weighted by Gasteiger charge is 2.36. The van der Waals surface area contributed by atoms with E-state index in [0.29, 0.717) is 12.1 Å². The van der Waals surface area contributed by atoms with Crippen molar-refractivity contribution in [2.45, 2.75) is 44.3 Å². The number of aromatic nitrogens is 2. The minimum Gasteiger partial charge on any atom is -0.336 e. The number of carbonyl (C=O) groups is 1. The van der Waals surface area contributed by atoms with Gasteiger partial charge in [-0.15, -0.1) is 0 Å². The molecule has 2 amide bonds. The molecule has 6 nitrogen and oxygen atoms in total. The molecule has 114 valence electrons. The van der Waals surface area contributed by atoms with Crippen molar-refractivity contribution in [3.63, 3.8) is 0 Å². The number of hydrogen-bond donors (Lipinski definition) is 1. The Hall–Kier alpha value is -1.56. The molecule has 0 bridgehead atoms. The second kappa shape index (κ2) is 5.33. The second-order valence-electron chi connectivity index (χ2n) is 6.50. The molecule has 1 aliphatic carbocycles. The topological polar surface area (TPSA) is 53.4 Å². The van der Waals surface area contributed by atoms with Crippen molar-refractivity contribution >= 4 is 6.03 Å². The summed E-state index contributed by atoms with van der Waals surface area (Å²) >= 11 is 0. The molecule has 0 unspecified atom stereocenters. The summed E-state index contributed by atoms with van der Waals surface area (Å²) in [4.78, 5) is 15.9. The number of amides is 2. The van der Waals surface area contributed by atoms with Gasteiger partial charge in [-0.1, -0.05) is 12.8 Å². The predicted octanol–water partition coefficient (Wildman–Crippen LogP) is 1.21. The molecule has 0 radical (unpaired) electrons. The number of nitrogens with one attached hydrogen (secondary N) is 1. The lowest BCUT2D eigenvalue weighted by molar-refractivity contribution is 0.0577. The molecule has 3 heterocycles. The molecule has 1 saturated carbocycles. The Morgan fingerprint density at radius 3 is 2.76 bits per heavy atom. The first-order valence-corrected chi connectivity index (χ1v) is 8.10. The van der Waals surface area contributed by atoms with Gasteiger partial charge in [0.15, 0.2) is 0 Å². The zero-order valence-electron chi connectivity index (χ0n) is 12.4. The fourth-order valence-electron chi connectivity index (χ4n) is 3.77. The molecule has 0 atom stereocenters. The Labute approximate surface area is 125 Å². The largest absolute Gasteiger partial charge is 0.336 e. The average molecular weight is 289 g/mol. The Morgan fingerprint density at radius 1 is 1.24 bits per heavy atom. The van der Waals surface area contributed by atoms with Crippen LogP contribution in [0.3, 0.4) is 0 Å². The lowest BCUT2D eigenvalue weighted by Crippen LogP contribution is -2.59. The first kappa shape index (κ1) is 13.1. The number of likely N-dealkylation sites (tertiary alicyclic amines) is 1. The normalized spacial score (nSPS) is 24.6. The minimum atomic E-state index is 0.102. The van der Waals surface area contributed by atoms with Crippen molar-refractivity contribution in [1.29, 1.82) is 0 Å². The Kier molecular flexibility index (Phi) is 3.33. The molecule has 1 aromatic heterocycles. The van der Waals surface area contributed by atoms with Crippen LogP contribution < -0.4 is 5.32 Å². The quantitative estimate of drug-likeness (QED) is 0.906. The van der Waals surface area contributed by atoms with E-state index in [-0.39, 0.29) is 6.03 Å². The van der Waals surface area contributed by atoms with Gasteiger partial charge in [-0.3, -0.25) is 9.58 Å². The maximum Gasteiger partial charge on any atom is 0.317 e. The van der Waals surface area contributed by atoms with Gasteiger partial charge in [0.2, 0.25) is 0 Å². The van der Waals surface area contributed by atoms with Crippen LogP contribution in [0.1, 0.15) is 37.4 Å². The Balaban J connectivity index is 1.29. The number of hydrogen-bond acceptors (Lipinski definition) is 3. The Morgan fingerprint density at radius 2 is 2.05 bits per heavy atom. The molecule has 0 aromatic carbocycles. The monoisotopic (exact) mass is 289 g/mol. The van der Waals surface area contributed by atoms with Crippen LogP contribution in [-0.2, 0) is 6.54 Å². The molecule has 0 spiro atoms. The molecule has 2 saturated heterocycles. The summed E-state index contributed by atoms with van der Waals surface area (Å²) in [7, 11) is 0. The molecule has 3 aliphatic rings. The van der Waals surface area contributed by atoms with Crippen molar-refractivity contribution < 1.29 is 4.79 Å². The SMILES string of the molecule is O=C1NCCN1C1CN(Cc2ccn(C3CCCC3)n2)C1. The van der Waals surface area contributed by atoms with E-state index in [2.05, 4.69) is 27.2 Å². The number of nitrogens with zero attached hydrogens (tertiary/aromatic N) is 4. The van der Waals surface area contributed by atoms with E-state index in [0.717, 1.165) is 38.4 Å². The number of urea groups is 1. The molecular weight excluding hydrogens is 266 g/mol. The third-order valence-corrected chi connectivity index (χ3v) is 5.02.